The zero-order valence-corrected chi connectivity index (χ0v) is 20.7. The molecule has 1 fully saturated rings. The average Bonchev–Trinajstić information content (AvgIpc) is 3.29. The molecule has 38 heavy (non-hydrogen) atoms. The molecule has 0 saturated carbocycles. The molecule has 14 heteroatoms. The number of rotatable bonds is 12. The van der Waals surface area contributed by atoms with E-state index in [2.05, 4.69) is 20.9 Å². The van der Waals surface area contributed by atoms with Crippen LogP contribution in [0.1, 0.15) is 65.8 Å². The van der Waals surface area contributed by atoms with E-state index in [1.54, 1.807) is 5.32 Å². The predicted octanol–water partition coefficient (Wildman–Crippen LogP) is 2.87. The number of halogens is 4. The van der Waals surface area contributed by atoms with Crippen LogP contribution in [0.25, 0.3) is 5.69 Å². The topological polar surface area (TPSA) is 127 Å². The molecular weight excluding hydrogens is 512 g/mol. The number of unbranched alkanes of at least 4 members (excludes halogenated alkanes) is 3. The molecule has 208 valence electrons. The number of carbonyl (C=O) groups is 3. The van der Waals surface area contributed by atoms with Crippen molar-refractivity contribution in [2.75, 3.05) is 26.4 Å². The van der Waals surface area contributed by atoms with Gasteiger partial charge in [0.2, 0.25) is 5.91 Å². The van der Waals surface area contributed by atoms with Crippen molar-refractivity contribution >= 4 is 17.7 Å². The second-order valence-corrected chi connectivity index (χ2v) is 8.79. The lowest BCUT2D eigenvalue weighted by Gasteiger charge is -2.14. The molecule has 1 aliphatic heterocycles. The van der Waals surface area contributed by atoms with Gasteiger partial charge in [0, 0.05) is 12.1 Å². The van der Waals surface area contributed by atoms with Crippen molar-refractivity contribution in [3.05, 3.63) is 35.7 Å². The van der Waals surface area contributed by atoms with E-state index in [1.165, 1.54) is 29.1 Å². The van der Waals surface area contributed by atoms with Gasteiger partial charge in [-0.15, -0.1) is 5.10 Å². The molecule has 1 aromatic heterocycles. The van der Waals surface area contributed by atoms with Crippen molar-refractivity contribution in [3.63, 3.8) is 0 Å². The summed E-state index contributed by atoms with van der Waals surface area (Å²) in [5.41, 5.74) is 0.161. The Morgan fingerprint density at radius 3 is 2.68 bits per heavy atom. The number of ether oxygens (including phenoxy) is 1. The van der Waals surface area contributed by atoms with Gasteiger partial charge in [-0.2, -0.15) is 13.2 Å². The maximum Gasteiger partial charge on any atom is 0.405 e. The number of nitrogens with one attached hydrogen (secondary N) is 3. The standard InChI is InChI=1S/C24H30F4N6O4/c25-10-4-1-2-6-12-38-20-13-16(21(35)30-15-24(26,27)28)8-9-19(20)34-14-18(32-33-34)23(37)31-17-7-3-5-11-29-22(17)36/h8-9,13-14,17H,1-7,10-12,15H2,(H,29,36)(H,30,35)(H,31,37). The molecule has 1 atom stereocenters. The van der Waals surface area contributed by atoms with Gasteiger partial charge in [0.15, 0.2) is 5.69 Å². The monoisotopic (exact) mass is 542 g/mol. The van der Waals surface area contributed by atoms with Gasteiger partial charge in [-0.05, 0) is 56.7 Å². The van der Waals surface area contributed by atoms with Gasteiger partial charge in [-0.3, -0.25) is 18.8 Å². The van der Waals surface area contributed by atoms with Crippen LogP contribution in [0, 0.1) is 0 Å². The molecule has 1 aliphatic rings. The summed E-state index contributed by atoms with van der Waals surface area (Å²) in [6.45, 7) is -1.15. The average molecular weight is 543 g/mol. The second kappa shape index (κ2) is 13.7. The van der Waals surface area contributed by atoms with Gasteiger partial charge in [-0.25, -0.2) is 4.68 Å². The summed E-state index contributed by atoms with van der Waals surface area (Å²) in [4.78, 5) is 37.1. The lowest BCUT2D eigenvalue weighted by molar-refractivity contribution is -0.123. The fourth-order valence-electron chi connectivity index (χ4n) is 3.77. The zero-order valence-electron chi connectivity index (χ0n) is 20.7. The van der Waals surface area contributed by atoms with Crippen LogP contribution < -0.4 is 20.7 Å². The van der Waals surface area contributed by atoms with Gasteiger partial charge in [0.25, 0.3) is 11.8 Å². The van der Waals surface area contributed by atoms with Gasteiger partial charge in [0.05, 0.1) is 19.5 Å². The summed E-state index contributed by atoms with van der Waals surface area (Å²) >= 11 is 0. The number of amides is 3. The van der Waals surface area contributed by atoms with Crippen molar-refractivity contribution in [3.8, 4) is 11.4 Å². The Balaban J connectivity index is 1.76. The lowest BCUT2D eigenvalue weighted by atomic mass is 10.1. The molecule has 1 saturated heterocycles. The molecule has 3 rings (SSSR count). The summed E-state index contributed by atoms with van der Waals surface area (Å²) < 4.78 is 56.8. The van der Waals surface area contributed by atoms with Crippen LogP contribution in [0.2, 0.25) is 0 Å². The summed E-state index contributed by atoms with van der Waals surface area (Å²) in [5.74, 6) is -1.68. The van der Waals surface area contributed by atoms with Crippen LogP contribution >= 0.6 is 0 Å². The highest BCUT2D eigenvalue weighted by molar-refractivity contribution is 5.96. The Kier molecular flexibility index (Phi) is 10.4. The van der Waals surface area contributed by atoms with Crippen molar-refractivity contribution in [1.82, 2.24) is 30.9 Å². The van der Waals surface area contributed by atoms with E-state index in [9.17, 15) is 31.9 Å². The molecule has 2 aromatic rings. The number of hydrogen-bond donors (Lipinski definition) is 3. The highest BCUT2D eigenvalue weighted by Gasteiger charge is 2.28. The van der Waals surface area contributed by atoms with Crippen LogP contribution in [-0.2, 0) is 4.79 Å². The molecule has 0 aliphatic carbocycles. The van der Waals surface area contributed by atoms with E-state index >= 15 is 0 Å². The molecule has 0 spiro atoms. The minimum atomic E-state index is -4.57. The fraction of sp³-hybridized carbons (Fsp3) is 0.542. The second-order valence-electron chi connectivity index (χ2n) is 8.79. The Hall–Kier alpha value is -3.71. The van der Waals surface area contributed by atoms with E-state index < -0.39 is 37.3 Å². The van der Waals surface area contributed by atoms with Crippen LogP contribution in [0.3, 0.4) is 0 Å². The van der Waals surface area contributed by atoms with Crippen molar-refractivity contribution in [2.45, 2.75) is 57.2 Å². The van der Waals surface area contributed by atoms with E-state index in [0.29, 0.717) is 44.3 Å². The molecular formula is C24H30F4N6O4. The number of alkyl halides is 4. The lowest BCUT2D eigenvalue weighted by Crippen LogP contribution is -2.45. The van der Waals surface area contributed by atoms with E-state index in [-0.39, 0.29) is 29.5 Å². The van der Waals surface area contributed by atoms with Crippen molar-refractivity contribution in [2.24, 2.45) is 0 Å². The third-order valence-electron chi connectivity index (χ3n) is 5.77. The van der Waals surface area contributed by atoms with Gasteiger partial charge in [0.1, 0.15) is 24.0 Å². The molecule has 3 N–H and O–H groups in total. The minimum absolute atomic E-state index is 0.0637. The Morgan fingerprint density at radius 2 is 1.92 bits per heavy atom. The molecule has 0 bridgehead atoms. The number of nitrogens with zero attached hydrogens (tertiary/aromatic N) is 3. The summed E-state index contributed by atoms with van der Waals surface area (Å²) in [5, 5.41) is 15.0. The number of benzene rings is 1. The third kappa shape index (κ3) is 8.70. The molecule has 0 radical (unpaired) electrons. The molecule has 10 nitrogen and oxygen atoms in total. The molecule has 1 aromatic carbocycles. The van der Waals surface area contributed by atoms with Crippen LogP contribution in [0.5, 0.6) is 5.75 Å². The maximum atomic E-state index is 12.7. The van der Waals surface area contributed by atoms with Crippen molar-refractivity contribution < 1.29 is 36.7 Å². The van der Waals surface area contributed by atoms with E-state index in [4.69, 9.17) is 4.74 Å². The first-order valence-corrected chi connectivity index (χ1v) is 12.4. The minimum Gasteiger partial charge on any atom is -0.491 e. The first kappa shape index (κ1) is 28.9. The summed E-state index contributed by atoms with van der Waals surface area (Å²) in [6, 6.07) is 3.29. The van der Waals surface area contributed by atoms with Crippen LogP contribution in [-0.4, -0.2) is 71.3 Å². The quantitative estimate of drug-likeness (QED) is 0.280. The van der Waals surface area contributed by atoms with Gasteiger partial charge < -0.3 is 20.7 Å². The highest BCUT2D eigenvalue weighted by atomic mass is 19.4. The number of hydrogen-bond acceptors (Lipinski definition) is 6. The van der Waals surface area contributed by atoms with E-state index in [1.807, 2.05) is 0 Å². The van der Waals surface area contributed by atoms with Crippen molar-refractivity contribution in [1.29, 1.82) is 0 Å². The zero-order chi connectivity index (χ0) is 27.5. The first-order chi connectivity index (χ1) is 18.2. The van der Waals surface area contributed by atoms with Crippen LogP contribution in [0.4, 0.5) is 17.6 Å². The SMILES string of the molecule is O=C(NCC(F)(F)F)c1ccc(-n2cc(C(=O)NC3CCCCNC3=O)nn2)c(OCCCCCCF)c1. The van der Waals surface area contributed by atoms with E-state index in [0.717, 1.165) is 12.8 Å². The van der Waals surface area contributed by atoms with Gasteiger partial charge in [-0.1, -0.05) is 11.6 Å². The highest BCUT2D eigenvalue weighted by Crippen LogP contribution is 2.25. The molecule has 1 unspecified atom stereocenters. The predicted molar refractivity (Wildman–Crippen MR) is 128 cm³/mol. The fourth-order valence-corrected chi connectivity index (χ4v) is 3.77. The Labute approximate surface area is 216 Å². The normalized spacial score (nSPS) is 15.9. The molecule has 3 amide bonds. The largest absolute Gasteiger partial charge is 0.491 e. The number of carbonyl (C=O) groups excluding carboxylic acids is 3. The van der Waals surface area contributed by atoms with Gasteiger partial charge >= 0.3 is 6.18 Å². The smallest absolute Gasteiger partial charge is 0.405 e. The summed E-state index contributed by atoms with van der Waals surface area (Å²) in [6.07, 6.45) is 1.23. The number of aromatic nitrogens is 3. The first-order valence-electron chi connectivity index (χ1n) is 12.4. The maximum absolute atomic E-state index is 12.7. The Morgan fingerprint density at radius 1 is 1.13 bits per heavy atom. The van der Waals surface area contributed by atoms with Crippen LogP contribution in [0.15, 0.2) is 24.4 Å². The summed E-state index contributed by atoms with van der Waals surface area (Å²) in [7, 11) is 0. The third-order valence-corrected chi connectivity index (χ3v) is 5.77. The molecule has 2 heterocycles. The Bertz CT molecular complexity index is 1110.